The van der Waals surface area contributed by atoms with Crippen molar-refractivity contribution in [1.29, 1.82) is 0 Å². The zero-order valence-electron chi connectivity index (χ0n) is 10.5. The third kappa shape index (κ3) is 3.59. The molecule has 0 heterocycles. The first-order valence-electron chi connectivity index (χ1n) is 5.76. The van der Waals surface area contributed by atoms with Crippen LogP contribution in [0.15, 0.2) is 30.3 Å². The molecule has 2 aromatic carbocycles. The van der Waals surface area contributed by atoms with E-state index in [2.05, 4.69) is 0 Å². The van der Waals surface area contributed by atoms with Crippen molar-refractivity contribution in [2.45, 2.75) is 5.38 Å². The van der Waals surface area contributed by atoms with E-state index < -0.39 is 11.3 Å². The van der Waals surface area contributed by atoms with Crippen molar-refractivity contribution < 1.29 is 9.53 Å². The summed E-state index contributed by atoms with van der Waals surface area (Å²) in [5.41, 5.74) is 0.563. The highest BCUT2D eigenvalue weighted by molar-refractivity contribution is 6.55. The van der Waals surface area contributed by atoms with Gasteiger partial charge in [0.25, 0.3) is 0 Å². The topological polar surface area (TPSA) is 26.3 Å². The zero-order chi connectivity index (χ0) is 16.4. The minimum absolute atomic E-state index is 0.0244. The van der Waals surface area contributed by atoms with Gasteiger partial charge in [-0.05, 0) is 5.56 Å². The molecule has 0 spiro atoms. The highest BCUT2D eigenvalue weighted by atomic mass is 35.5. The lowest BCUT2D eigenvalue weighted by Gasteiger charge is -2.14. The Morgan fingerprint density at radius 2 is 1.27 bits per heavy atom. The Balaban J connectivity index is 2.34. The molecule has 2 aromatic rings. The molecule has 0 aliphatic heterocycles. The van der Waals surface area contributed by atoms with Gasteiger partial charge in [0.2, 0.25) is 0 Å². The second-order valence-electron chi connectivity index (χ2n) is 4.09. The Kier molecular flexibility index (Phi) is 6.12. The van der Waals surface area contributed by atoms with Gasteiger partial charge in [0.15, 0.2) is 11.1 Å². The minimum atomic E-state index is -1.04. The summed E-state index contributed by atoms with van der Waals surface area (Å²) in [5, 5.41) is -1.43. The Labute approximate surface area is 156 Å². The van der Waals surface area contributed by atoms with Crippen molar-refractivity contribution in [2.24, 2.45) is 0 Å². The van der Waals surface area contributed by atoms with E-state index in [0.717, 1.165) is 0 Å². The smallest absolute Gasteiger partial charge is 0.334 e. The number of rotatable bonds is 3. The predicted octanol–water partition coefficient (Wildman–Crippen LogP) is 6.84. The lowest BCUT2D eigenvalue weighted by atomic mass is 10.1. The van der Waals surface area contributed by atoms with Crippen LogP contribution in [0.25, 0.3) is 0 Å². The predicted molar refractivity (Wildman–Crippen MR) is 92.2 cm³/mol. The quantitative estimate of drug-likeness (QED) is 0.179. The van der Waals surface area contributed by atoms with Crippen LogP contribution in [0.1, 0.15) is 10.9 Å². The van der Waals surface area contributed by atoms with Crippen LogP contribution in [0.2, 0.25) is 25.1 Å². The van der Waals surface area contributed by atoms with Gasteiger partial charge in [0, 0.05) is 0 Å². The SMILES string of the molecule is O=C(Oc1c(Cl)c(Cl)c(Cl)c(Cl)c1Cl)C(Cl)c1ccccc1. The number of carbonyl (C=O) groups excluding carboxylic acids is 1. The third-order valence-electron chi connectivity index (χ3n) is 2.67. The molecule has 0 saturated heterocycles. The molecule has 0 N–H and O–H groups in total. The van der Waals surface area contributed by atoms with Gasteiger partial charge in [0.1, 0.15) is 10.0 Å². The number of carbonyl (C=O) groups is 1. The van der Waals surface area contributed by atoms with E-state index in [1.807, 2.05) is 0 Å². The van der Waals surface area contributed by atoms with E-state index in [0.29, 0.717) is 5.56 Å². The van der Waals surface area contributed by atoms with E-state index in [-0.39, 0.29) is 30.9 Å². The first kappa shape index (κ1) is 18.0. The van der Waals surface area contributed by atoms with Crippen LogP contribution in [0.3, 0.4) is 0 Å². The summed E-state index contributed by atoms with van der Waals surface area (Å²) in [5.74, 6) is -0.958. The zero-order valence-corrected chi connectivity index (χ0v) is 15.1. The third-order valence-corrected chi connectivity index (χ3v) is 5.34. The monoisotopic (exact) mass is 416 g/mol. The minimum Gasteiger partial charge on any atom is -0.422 e. The van der Waals surface area contributed by atoms with Crippen molar-refractivity contribution in [1.82, 2.24) is 0 Å². The number of hydrogen-bond donors (Lipinski definition) is 0. The molecule has 2 nitrogen and oxygen atoms in total. The molecule has 0 saturated carbocycles. The second-order valence-corrected chi connectivity index (χ2v) is 6.42. The molecule has 0 fully saturated rings. The maximum atomic E-state index is 12.1. The number of benzene rings is 2. The van der Waals surface area contributed by atoms with E-state index in [1.54, 1.807) is 30.3 Å². The number of ether oxygens (including phenoxy) is 1. The number of alkyl halides is 1. The fourth-order valence-electron chi connectivity index (χ4n) is 1.58. The summed E-state index contributed by atoms with van der Waals surface area (Å²) >= 11 is 35.7. The Morgan fingerprint density at radius 1 is 0.818 bits per heavy atom. The standard InChI is InChI=1S/C14H6Cl6O2/c15-7(6-4-2-1-3-5-6)14(21)22-13-11(19)9(17)8(16)10(18)12(13)20/h1-5,7H. The molecule has 0 bridgehead atoms. The summed E-state index contributed by atoms with van der Waals surface area (Å²) in [6, 6.07) is 8.65. The highest BCUT2D eigenvalue weighted by Gasteiger charge is 2.26. The Bertz CT molecular complexity index is 688. The summed E-state index contributed by atoms with van der Waals surface area (Å²) in [6.45, 7) is 0. The molecule has 0 aromatic heterocycles. The molecular weight excluding hydrogens is 413 g/mol. The average molecular weight is 419 g/mol. The van der Waals surface area contributed by atoms with Crippen LogP contribution in [-0.4, -0.2) is 5.97 Å². The van der Waals surface area contributed by atoms with Gasteiger partial charge >= 0.3 is 5.97 Å². The van der Waals surface area contributed by atoms with Gasteiger partial charge in [-0.15, -0.1) is 11.6 Å². The summed E-state index contributed by atoms with van der Waals surface area (Å²) in [6.07, 6.45) is 0. The van der Waals surface area contributed by atoms with Gasteiger partial charge in [-0.2, -0.15) is 0 Å². The number of esters is 1. The van der Waals surface area contributed by atoms with Gasteiger partial charge in [-0.1, -0.05) is 88.3 Å². The lowest BCUT2D eigenvalue weighted by molar-refractivity contribution is -0.134. The number of hydrogen-bond acceptors (Lipinski definition) is 2. The average Bonchev–Trinajstić information content (AvgIpc) is 2.55. The Hall–Kier alpha value is -0.350. The van der Waals surface area contributed by atoms with E-state index in [4.69, 9.17) is 74.3 Å². The van der Waals surface area contributed by atoms with Crippen LogP contribution < -0.4 is 4.74 Å². The van der Waals surface area contributed by atoms with Crippen molar-refractivity contribution in [3.05, 3.63) is 61.0 Å². The summed E-state index contributed by atoms with van der Waals surface area (Å²) in [7, 11) is 0. The molecule has 116 valence electrons. The largest absolute Gasteiger partial charge is 0.422 e. The molecule has 0 aliphatic rings. The highest BCUT2D eigenvalue weighted by Crippen LogP contribution is 2.48. The summed E-state index contributed by atoms with van der Waals surface area (Å²) in [4.78, 5) is 12.1. The molecule has 1 unspecified atom stereocenters. The fourth-order valence-corrected chi connectivity index (χ4v) is 2.97. The van der Waals surface area contributed by atoms with E-state index in [1.165, 1.54) is 0 Å². The van der Waals surface area contributed by atoms with Gasteiger partial charge in [-0.3, -0.25) is 0 Å². The van der Waals surface area contributed by atoms with Gasteiger partial charge in [0.05, 0.1) is 15.1 Å². The molecule has 22 heavy (non-hydrogen) atoms. The van der Waals surface area contributed by atoms with Crippen LogP contribution in [-0.2, 0) is 4.79 Å². The Morgan fingerprint density at radius 3 is 1.77 bits per heavy atom. The second kappa shape index (κ2) is 7.48. The summed E-state index contributed by atoms with van der Waals surface area (Å²) < 4.78 is 5.15. The molecule has 8 heteroatoms. The van der Waals surface area contributed by atoms with Crippen LogP contribution in [0.5, 0.6) is 5.75 Å². The fraction of sp³-hybridized carbons (Fsp3) is 0.0714. The maximum Gasteiger partial charge on any atom is 0.334 e. The maximum absolute atomic E-state index is 12.1. The first-order valence-corrected chi connectivity index (χ1v) is 8.09. The lowest BCUT2D eigenvalue weighted by Crippen LogP contribution is -2.15. The van der Waals surface area contributed by atoms with Gasteiger partial charge < -0.3 is 4.74 Å². The van der Waals surface area contributed by atoms with Crippen LogP contribution in [0, 0.1) is 0 Å². The first-order chi connectivity index (χ1) is 10.3. The van der Waals surface area contributed by atoms with E-state index in [9.17, 15) is 4.79 Å². The molecule has 0 radical (unpaired) electrons. The molecule has 2 rings (SSSR count). The number of halogens is 6. The van der Waals surface area contributed by atoms with E-state index >= 15 is 0 Å². The normalized spacial score (nSPS) is 12.1. The van der Waals surface area contributed by atoms with Gasteiger partial charge in [-0.25, -0.2) is 4.79 Å². The van der Waals surface area contributed by atoms with Crippen molar-refractivity contribution in [3.8, 4) is 5.75 Å². The molecule has 0 amide bonds. The van der Waals surface area contributed by atoms with Crippen LogP contribution in [0.4, 0.5) is 0 Å². The molecule has 0 aliphatic carbocycles. The van der Waals surface area contributed by atoms with Crippen LogP contribution >= 0.6 is 69.6 Å². The molecule has 1 atom stereocenters. The molecular formula is C14H6Cl6O2. The van der Waals surface area contributed by atoms with Crippen molar-refractivity contribution >= 4 is 75.6 Å². The van der Waals surface area contributed by atoms with Crippen molar-refractivity contribution in [3.63, 3.8) is 0 Å². The van der Waals surface area contributed by atoms with Crippen molar-refractivity contribution in [2.75, 3.05) is 0 Å².